The molecular formula is C25H25Cl2N5O2. The molecule has 0 fully saturated rings. The second kappa shape index (κ2) is 10.1. The Morgan fingerprint density at radius 2 is 1.79 bits per heavy atom. The van der Waals surface area contributed by atoms with E-state index in [1.54, 1.807) is 36.6 Å². The number of nitrogens with one attached hydrogen (secondary N) is 1. The highest BCUT2D eigenvalue weighted by Gasteiger charge is 2.28. The van der Waals surface area contributed by atoms with E-state index in [2.05, 4.69) is 15.5 Å². The van der Waals surface area contributed by atoms with Gasteiger partial charge in [0, 0.05) is 22.3 Å². The number of hydrogen-bond donors (Lipinski definition) is 2. The largest absolute Gasteiger partial charge is 0.374 e. The van der Waals surface area contributed by atoms with Gasteiger partial charge in [0.05, 0.1) is 23.8 Å². The summed E-state index contributed by atoms with van der Waals surface area (Å²) in [5, 5.41) is 12.8. The molecule has 4 aromatic rings. The molecule has 0 radical (unpaired) electrons. The molecule has 1 amide bonds. The van der Waals surface area contributed by atoms with E-state index in [0.29, 0.717) is 28.1 Å². The van der Waals surface area contributed by atoms with Gasteiger partial charge in [0.25, 0.3) is 0 Å². The lowest BCUT2D eigenvalue weighted by atomic mass is 10.1. The van der Waals surface area contributed by atoms with Gasteiger partial charge < -0.3 is 15.8 Å². The number of aromatic nitrogens is 3. The van der Waals surface area contributed by atoms with E-state index in [4.69, 9.17) is 33.7 Å². The van der Waals surface area contributed by atoms with Crippen molar-refractivity contribution in [1.82, 2.24) is 19.9 Å². The summed E-state index contributed by atoms with van der Waals surface area (Å²) in [6.07, 6.45) is 1.70. The first kappa shape index (κ1) is 24.2. The molecule has 1 atom stereocenters. The van der Waals surface area contributed by atoms with Gasteiger partial charge in [-0.05, 0) is 31.5 Å². The zero-order chi connectivity index (χ0) is 24.3. The van der Waals surface area contributed by atoms with Crippen LogP contribution in [-0.2, 0) is 16.1 Å². The van der Waals surface area contributed by atoms with Crippen LogP contribution in [0.4, 0.5) is 0 Å². The summed E-state index contributed by atoms with van der Waals surface area (Å²) in [7, 11) is 0. The Kier molecular flexibility index (Phi) is 7.19. The third-order valence-corrected chi connectivity index (χ3v) is 5.80. The Bertz CT molecular complexity index is 1300. The van der Waals surface area contributed by atoms with Gasteiger partial charge >= 0.3 is 0 Å². The van der Waals surface area contributed by atoms with Crippen LogP contribution < -0.4 is 11.1 Å². The molecule has 2 aromatic carbocycles. The maximum atomic E-state index is 12.7. The van der Waals surface area contributed by atoms with Gasteiger partial charge in [-0.2, -0.15) is 0 Å². The molecule has 0 spiro atoms. The predicted octanol–water partition coefficient (Wildman–Crippen LogP) is 4.81. The molecule has 3 N–H and O–H groups in total. The van der Waals surface area contributed by atoms with Crippen LogP contribution in [0.3, 0.4) is 0 Å². The predicted molar refractivity (Wildman–Crippen MR) is 134 cm³/mol. The van der Waals surface area contributed by atoms with Crippen molar-refractivity contribution in [3.63, 3.8) is 0 Å². The molecule has 2 heterocycles. The second-order valence-corrected chi connectivity index (χ2v) is 9.40. The van der Waals surface area contributed by atoms with Crippen LogP contribution >= 0.6 is 23.2 Å². The number of amides is 1. The molecule has 9 heteroatoms. The van der Waals surface area contributed by atoms with Crippen molar-refractivity contribution >= 4 is 34.8 Å². The number of nitrogens with two attached hydrogens (primary N) is 1. The van der Waals surface area contributed by atoms with Crippen LogP contribution in [-0.4, -0.2) is 32.7 Å². The summed E-state index contributed by atoms with van der Waals surface area (Å²) in [6, 6.07) is 18.4. The summed E-state index contributed by atoms with van der Waals surface area (Å²) < 4.78 is 7.69. The van der Waals surface area contributed by atoms with E-state index in [0.717, 1.165) is 16.7 Å². The van der Waals surface area contributed by atoms with Gasteiger partial charge in [0.2, 0.25) is 5.91 Å². The van der Waals surface area contributed by atoms with Gasteiger partial charge in [0.15, 0.2) is 11.5 Å². The van der Waals surface area contributed by atoms with Crippen molar-refractivity contribution < 1.29 is 9.53 Å². The summed E-state index contributed by atoms with van der Waals surface area (Å²) in [5.41, 5.74) is 8.02. The van der Waals surface area contributed by atoms with E-state index in [1.807, 2.05) is 48.5 Å². The fourth-order valence-electron chi connectivity index (χ4n) is 3.49. The summed E-state index contributed by atoms with van der Waals surface area (Å²) in [4.78, 5) is 12.7. The molecular weight excluding hydrogens is 473 g/mol. The van der Waals surface area contributed by atoms with E-state index in [-0.39, 0.29) is 12.5 Å². The normalized spacial score (nSPS) is 12.6. The molecule has 0 aliphatic rings. The van der Waals surface area contributed by atoms with Gasteiger partial charge in [-0.25, -0.2) is 0 Å². The quantitative estimate of drug-likeness (QED) is 0.364. The topological polar surface area (TPSA) is 94.5 Å². The zero-order valence-electron chi connectivity index (χ0n) is 18.8. The Hall–Kier alpha value is -2.97. The molecule has 0 saturated heterocycles. The van der Waals surface area contributed by atoms with Crippen LogP contribution in [0.5, 0.6) is 0 Å². The van der Waals surface area contributed by atoms with Crippen LogP contribution in [0, 0.1) is 0 Å². The maximum Gasteiger partial charge on any atom is 0.240 e. The van der Waals surface area contributed by atoms with Crippen molar-refractivity contribution in [2.24, 2.45) is 5.73 Å². The molecule has 4 rings (SSSR count). The van der Waals surface area contributed by atoms with E-state index in [9.17, 15) is 4.79 Å². The molecule has 34 heavy (non-hydrogen) atoms. The van der Waals surface area contributed by atoms with Crippen LogP contribution in [0.1, 0.15) is 31.3 Å². The van der Waals surface area contributed by atoms with Gasteiger partial charge in [0.1, 0.15) is 6.04 Å². The van der Waals surface area contributed by atoms with E-state index >= 15 is 0 Å². The van der Waals surface area contributed by atoms with E-state index in [1.165, 1.54) is 0 Å². The average molecular weight is 498 g/mol. The first-order valence-electron chi connectivity index (χ1n) is 10.7. The molecule has 7 nitrogen and oxygen atoms in total. The Morgan fingerprint density at radius 3 is 2.50 bits per heavy atom. The first-order chi connectivity index (χ1) is 16.2. The number of nitrogens with zero attached hydrogens (tertiary/aromatic N) is 3. The summed E-state index contributed by atoms with van der Waals surface area (Å²) in [5.74, 6) is 0.127. The van der Waals surface area contributed by atoms with Crippen molar-refractivity contribution in [2.75, 3.05) is 6.61 Å². The number of halogens is 2. The minimum atomic E-state index is -1.08. The van der Waals surface area contributed by atoms with Crippen molar-refractivity contribution in [3.8, 4) is 11.1 Å². The number of pyridine rings is 1. The SMILES string of the molecule is CC(C)(N)C(=O)N[C@H](COCc1ccccc1)c1nnc2c(-c3ccccc3Cl)cc(Cl)cn12. The fraction of sp³-hybridized carbons (Fsp3) is 0.240. The number of fused-ring (bicyclic) bond motifs is 1. The van der Waals surface area contributed by atoms with Crippen molar-refractivity contribution in [1.29, 1.82) is 0 Å². The Balaban J connectivity index is 1.71. The third kappa shape index (κ3) is 5.39. The monoisotopic (exact) mass is 497 g/mol. The molecule has 2 aromatic heterocycles. The lowest BCUT2D eigenvalue weighted by molar-refractivity contribution is -0.126. The molecule has 0 aliphatic carbocycles. The molecule has 176 valence electrons. The minimum absolute atomic E-state index is 0.158. The molecule has 0 bridgehead atoms. The van der Waals surface area contributed by atoms with E-state index < -0.39 is 11.6 Å². The maximum absolute atomic E-state index is 12.7. The summed E-state index contributed by atoms with van der Waals surface area (Å²) >= 11 is 12.9. The Labute approximate surface area is 207 Å². The second-order valence-electron chi connectivity index (χ2n) is 8.55. The average Bonchev–Trinajstić information content (AvgIpc) is 3.22. The smallest absolute Gasteiger partial charge is 0.240 e. The number of carbonyl (C=O) groups is 1. The lowest BCUT2D eigenvalue weighted by Gasteiger charge is -2.23. The minimum Gasteiger partial charge on any atom is -0.374 e. The number of benzene rings is 2. The Morgan fingerprint density at radius 1 is 1.09 bits per heavy atom. The summed E-state index contributed by atoms with van der Waals surface area (Å²) in [6.45, 7) is 3.81. The van der Waals surface area contributed by atoms with Gasteiger partial charge in [-0.1, -0.05) is 71.7 Å². The number of carbonyl (C=O) groups excluding carboxylic acids is 1. The highest BCUT2D eigenvalue weighted by molar-refractivity contribution is 6.34. The lowest BCUT2D eigenvalue weighted by Crippen LogP contribution is -2.50. The van der Waals surface area contributed by atoms with Crippen LogP contribution in [0.2, 0.25) is 10.0 Å². The first-order valence-corrected chi connectivity index (χ1v) is 11.5. The standard InChI is InChI=1S/C25H25Cl2N5O2/c1-25(2,28)24(33)29-21(15-34-14-16-8-4-3-5-9-16)23-31-30-22-19(12-17(26)13-32(22)23)18-10-6-7-11-20(18)27/h3-13,21H,14-15,28H2,1-2H3,(H,29,33)/t21-/m1/s1. The number of rotatable bonds is 8. The highest BCUT2D eigenvalue weighted by Crippen LogP contribution is 2.33. The number of ether oxygens (including phenoxy) is 1. The molecule has 0 unspecified atom stereocenters. The van der Waals surface area contributed by atoms with Gasteiger partial charge in [-0.3, -0.25) is 9.20 Å². The number of hydrogen-bond acceptors (Lipinski definition) is 5. The van der Waals surface area contributed by atoms with Crippen LogP contribution in [0.15, 0.2) is 66.9 Å². The zero-order valence-corrected chi connectivity index (χ0v) is 20.3. The fourth-order valence-corrected chi connectivity index (χ4v) is 3.93. The van der Waals surface area contributed by atoms with Crippen molar-refractivity contribution in [2.45, 2.75) is 32.0 Å². The molecule has 0 saturated carbocycles. The highest BCUT2D eigenvalue weighted by atomic mass is 35.5. The van der Waals surface area contributed by atoms with Crippen molar-refractivity contribution in [3.05, 3.63) is 88.3 Å². The van der Waals surface area contributed by atoms with Crippen LogP contribution in [0.25, 0.3) is 16.8 Å². The van der Waals surface area contributed by atoms with Gasteiger partial charge in [-0.15, -0.1) is 10.2 Å². The third-order valence-electron chi connectivity index (χ3n) is 5.26. The molecule has 0 aliphatic heterocycles.